The topological polar surface area (TPSA) is 58.3 Å². The number of aliphatic hydroxyl groups is 1. The number of hydrogen-bond donors (Lipinski definition) is 3. The van der Waals surface area contributed by atoms with Gasteiger partial charge in [0.05, 0.1) is 5.60 Å². The van der Waals surface area contributed by atoms with Crippen molar-refractivity contribution < 1.29 is 5.11 Å². The van der Waals surface area contributed by atoms with Gasteiger partial charge in [-0.05, 0) is 37.8 Å². The van der Waals surface area contributed by atoms with Gasteiger partial charge in [-0.25, -0.2) is 0 Å². The number of rotatable bonds is 3. The Morgan fingerprint density at radius 2 is 1.88 bits per heavy atom. The van der Waals surface area contributed by atoms with Crippen molar-refractivity contribution >= 4 is 5.69 Å². The van der Waals surface area contributed by atoms with Crippen LogP contribution < -0.4 is 11.1 Å². The molecule has 0 radical (unpaired) electrons. The summed E-state index contributed by atoms with van der Waals surface area (Å²) in [5, 5.41) is 13.6. The van der Waals surface area contributed by atoms with Gasteiger partial charge in [0.25, 0.3) is 0 Å². The van der Waals surface area contributed by atoms with Crippen LogP contribution in [0.25, 0.3) is 0 Å². The highest BCUT2D eigenvalue weighted by Crippen LogP contribution is 2.27. The molecule has 0 amide bonds. The van der Waals surface area contributed by atoms with E-state index in [0.717, 1.165) is 31.4 Å². The lowest BCUT2D eigenvalue weighted by Crippen LogP contribution is -2.43. The molecule has 16 heavy (non-hydrogen) atoms. The van der Waals surface area contributed by atoms with Crippen LogP contribution in [0.15, 0.2) is 30.3 Å². The van der Waals surface area contributed by atoms with Crippen LogP contribution in [-0.2, 0) is 0 Å². The molecule has 1 aliphatic rings. The summed E-state index contributed by atoms with van der Waals surface area (Å²) in [6, 6.07) is 10.3. The molecule has 0 saturated heterocycles. The third kappa shape index (κ3) is 2.97. The quantitative estimate of drug-likeness (QED) is 0.727. The molecule has 1 saturated carbocycles. The van der Waals surface area contributed by atoms with Gasteiger partial charge in [0.15, 0.2) is 0 Å². The van der Waals surface area contributed by atoms with E-state index in [1.807, 2.05) is 30.3 Å². The Kier molecular flexibility index (Phi) is 3.46. The van der Waals surface area contributed by atoms with Gasteiger partial charge in [-0.3, -0.25) is 0 Å². The van der Waals surface area contributed by atoms with Crippen LogP contribution in [-0.4, -0.2) is 23.3 Å². The molecule has 1 aromatic rings. The summed E-state index contributed by atoms with van der Waals surface area (Å²) in [4.78, 5) is 0. The van der Waals surface area contributed by atoms with E-state index in [2.05, 4.69) is 5.32 Å². The van der Waals surface area contributed by atoms with Crippen LogP contribution in [0.4, 0.5) is 5.69 Å². The number of nitrogens with one attached hydrogen (secondary N) is 1. The number of hydrogen-bond acceptors (Lipinski definition) is 3. The van der Waals surface area contributed by atoms with Gasteiger partial charge in [-0.2, -0.15) is 0 Å². The maximum Gasteiger partial charge on any atom is 0.0820 e. The van der Waals surface area contributed by atoms with Gasteiger partial charge in [-0.1, -0.05) is 18.2 Å². The van der Waals surface area contributed by atoms with Crippen molar-refractivity contribution in [1.82, 2.24) is 0 Å². The lowest BCUT2D eigenvalue weighted by molar-refractivity contribution is 0.0122. The third-order valence-corrected chi connectivity index (χ3v) is 3.36. The van der Waals surface area contributed by atoms with Crippen LogP contribution in [0, 0.1) is 0 Å². The van der Waals surface area contributed by atoms with Crippen molar-refractivity contribution in [3.05, 3.63) is 30.3 Å². The van der Waals surface area contributed by atoms with Crippen molar-refractivity contribution in [2.24, 2.45) is 5.73 Å². The molecule has 0 spiro atoms. The predicted molar refractivity (Wildman–Crippen MR) is 66.3 cm³/mol. The van der Waals surface area contributed by atoms with Crippen LogP contribution in [0.3, 0.4) is 0 Å². The molecule has 3 heteroatoms. The minimum atomic E-state index is -0.578. The minimum absolute atomic E-state index is 0.275. The maximum absolute atomic E-state index is 10.3. The van der Waals surface area contributed by atoms with E-state index in [4.69, 9.17) is 5.73 Å². The summed E-state index contributed by atoms with van der Waals surface area (Å²) < 4.78 is 0. The summed E-state index contributed by atoms with van der Waals surface area (Å²) >= 11 is 0. The first-order valence-corrected chi connectivity index (χ1v) is 5.95. The Bertz CT molecular complexity index is 318. The molecule has 0 heterocycles. The zero-order chi connectivity index (χ0) is 11.4. The molecule has 0 aliphatic heterocycles. The zero-order valence-corrected chi connectivity index (χ0v) is 9.52. The van der Waals surface area contributed by atoms with Crippen molar-refractivity contribution in [3.8, 4) is 0 Å². The van der Waals surface area contributed by atoms with Crippen molar-refractivity contribution in [2.45, 2.75) is 37.3 Å². The second-order valence-electron chi connectivity index (χ2n) is 4.78. The van der Waals surface area contributed by atoms with Crippen LogP contribution in [0.2, 0.25) is 0 Å². The Balaban J connectivity index is 1.85. The molecule has 4 N–H and O–H groups in total. The van der Waals surface area contributed by atoms with Crippen LogP contribution in [0.5, 0.6) is 0 Å². The van der Waals surface area contributed by atoms with Gasteiger partial charge in [0.2, 0.25) is 0 Å². The van der Waals surface area contributed by atoms with E-state index < -0.39 is 5.60 Å². The van der Waals surface area contributed by atoms with E-state index in [-0.39, 0.29) is 6.04 Å². The average molecular weight is 220 g/mol. The summed E-state index contributed by atoms with van der Waals surface area (Å²) in [5.74, 6) is 0. The van der Waals surface area contributed by atoms with E-state index in [9.17, 15) is 5.11 Å². The first-order valence-electron chi connectivity index (χ1n) is 5.95. The fourth-order valence-electron chi connectivity index (χ4n) is 2.18. The molecule has 3 nitrogen and oxygen atoms in total. The SMILES string of the molecule is NC1CCC(O)(CNc2ccccc2)CC1. The van der Waals surface area contributed by atoms with Crippen LogP contribution >= 0.6 is 0 Å². The molecule has 2 rings (SSSR count). The highest BCUT2D eigenvalue weighted by atomic mass is 16.3. The molecular formula is C13H20N2O. The molecule has 1 aromatic carbocycles. The third-order valence-electron chi connectivity index (χ3n) is 3.36. The maximum atomic E-state index is 10.3. The van der Waals surface area contributed by atoms with E-state index >= 15 is 0 Å². The first-order chi connectivity index (χ1) is 7.68. The second-order valence-corrected chi connectivity index (χ2v) is 4.78. The summed E-state index contributed by atoms with van der Waals surface area (Å²) in [6.07, 6.45) is 3.45. The standard InChI is InChI=1S/C13H20N2O/c14-11-6-8-13(16,9-7-11)10-15-12-4-2-1-3-5-12/h1-5,11,15-16H,6-10,14H2. The number of anilines is 1. The van der Waals surface area contributed by atoms with Gasteiger partial charge in [0.1, 0.15) is 0 Å². The summed E-state index contributed by atoms with van der Waals surface area (Å²) in [6.45, 7) is 0.615. The Hall–Kier alpha value is -1.06. The van der Waals surface area contributed by atoms with Gasteiger partial charge in [-0.15, -0.1) is 0 Å². The first kappa shape index (κ1) is 11.4. The highest BCUT2D eigenvalue weighted by molar-refractivity contribution is 5.42. The lowest BCUT2D eigenvalue weighted by Gasteiger charge is -2.35. The molecular weight excluding hydrogens is 200 g/mol. The largest absolute Gasteiger partial charge is 0.388 e. The number of nitrogens with two attached hydrogens (primary N) is 1. The second kappa shape index (κ2) is 4.85. The fraction of sp³-hybridized carbons (Fsp3) is 0.538. The Morgan fingerprint density at radius 3 is 2.50 bits per heavy atom. The van der Waals surface area contributed by atoms with E-state index in [0.29, 0.717) is 6.54 Å². The van der Waals surface area contributed by atoms with Crippen LogP contribution in [0.1, 0.15) is 25.7 Å². The monoisotopic (exact) mass is 220 g/mol. The molecule has 0 aromatic heterocycles. The zero-order valence-electron chi connectivity index (χ0n) is 9.52. The normalized spacial score (nSPS) is 30.0. The highest BCUT2D eigenvalue weighted by Gasteiger charge is 2.31. The van der Waals surface area contributed by atoms with E-state index in [1.54, 1.807) is 0 Å². The predicted octanol–water partition coefficient (Wildman–Crippen LogP) is 1.73. The van der Waals surface area contributed by atoms with Gasteiger partial charge in [0, 0.05) is 18.3 Å². The number of benzene rings is 1. The lowest BCUT2D eigenvalue weighted by atomic mass is 9.82. The minimum Gasteiger partial charge on any atom is -0.388 e. The smallest absolute Gasteiger partial charge is 0.0820 e. The summed E-state index contributed by atoms with van der Waals surface area (Å²) in [7, 11) is 0. The van der Waals surface area contributed by atoms with Crippen molar-refractivity contribution in [2.75, 3.05) is 11.9 Å². The molecule has 1 aliphatic carbocycles. The Morgan fingerprint density at radius 1 is 1.25 bits per heavy atom. The summed E-state index contributed by atoms with van der Waals surface area (Å²) in [5.41, 5.74) is 6.31. The molecule has 0 bridgehead atoms. The molecule has 88 valence electrons. The molecule has 0 atom stereocenters. The Labute approximate surface area is 96.7 Å². The fourth-order valence-corrected chi connectivity index (χ4v) is 2.18. The average Bonchev–Trinajstić information content (AvgIpc) is 2.33. The van der Waals surface area contributed by atoms with Crippen molar-refractivity contribution in [1.29, 1.82) is 0 Å². The van der Waals surface area contributed by atoms with E-state index in [1.165, 1.54) is 0 Å². The molecule has 1 fully saturated rings. The van der Waals surface area contributed by atoms with Gasteiger partial charge >= 0.3 is 0 Å². The van der Waals surface area contributed by atoms with Crippen molar-refractivity contribution in [3.63, 3.8) is 0 Å². The molecule has 0 unspecified atom stereocenters. The number of para-hydroxylation sites is 1. The van der Waals surface area contributed by atoms with Gasteiger partial charge < -0.3 is 16.2 Å².